The standard InChI is InChI=1S/C29H34F2N4O3S/c1-2-20-4-3-5-22(10-20)15-33-17-27(36)26(13-23-11-24(30)14-25(31)12-23)35-29(38)19-39-18-28(37)34-16-21-6-8-32-9-7-21/h3-12,14,26-27,33,36H,2,13,15-19H2,1H3,(H,34,37)(H,35,38)/t26-,27+/m1/s1. The Kier molecular flexibility index (Phi) is 12.3. The van der Waals surface area contributed by atoms with Crippen LogP contribution in [0.2, 0.25) is 0 Å². The van der Waals surface area contributed by atoms with Gasteiger partial charge in [0.25, 0.3) is 0 Å². The van der Waals surface area contributed by atoms with Crippen LogP contribution in [0.15, 0.2) is 67.0 Å². The molecule has 4 N–H and O–H groups in total. The fourth-order valence-electron chi connectivity index (χ4n) is 3.97. The first-order chi connectivity index (χ1) is 18.8. The number of benzene rings is 2. The summed E-state index contributed by atoms with van der Waals surface area (Å²) >= 11 is 1.13. The lowest BCUT2D eigenvalue weighted by molar-refractivity contribution is -0.120. The molecule has 39 heavy (non-hydrogen) atoms. The molecule has 0 saturated heterocycles. The molecule has 0 saturated carbocycles. The number of carbonyl (C=O) groups is 2. The van der Waals surface area contributed by atoms with E-state index in [1.54, 1.807) is 24.5 Å². The SMILES string of the molecule is CCc1cccc(CNC[C@H](O)[C@@H](Cc2cc(F)cc(F)c2)NC(=O)CSCC(=O)NCc2ccncc2)c1. The highest BCUT2D eigenvalue weighted by Gasteiger charge is 2.22. The van der Waals surface area contributed by atoms with Gasteiger partial charge in [0.2, 0.25) is 11.8 Å². The molecule has 7 nitrogen and oxygen atoms in total. The van der Waals surface area contributed by atoms with Crippen molar-refractivity contribution in [1.29, 1.82) is 0 Å². The first-order valence-electron chi connectivity index (χ1n) is 12.8. The van der Waals surface area contributed by atoms with Crippen molar-refractivity contribution in [3.63, 3.8) is 0 Å². The van der Waals surface area contributed by atoms with E-state index in [1.165, 1.54) is 17.7 Å². The molecule has 0 radical (unpaired) electrons. The minimum Gasteiger partial charge on any atom is -0.390 e. The number of amides is 2. The number of aliphatic hydroxyl groups excluding tert-OH is 1. The maximum absolute atomic E-state index is 13.8. The predicted molar refractivity (Wildman–Crippen MR) is 149 cm³/mol. The molecule has 0 aliphatic rings. The van der Waals surface area contributed by atoms with E-state index < -0.39 is 29.7 Å². The van der Waals surface area contributed by atoms with Gasteiger partial charge in [-0.15, -0.1) is 11.8 Å². The molecule has 2 atom stereocenters. The average molecular weight is 557 g/mol. The van der Waals surface area contributed by atoms with E-state index >= 15 is 0 Å². The number of nitrogens with one attached hydrogen (secondary N) is 3. The number of thioether (sulfide) groups is 1. The third kappa shape index (κ3) is 11.1. The van der Waals surface area contributed by atoms with Crippen LogP contribution in [0.5, 0.6) is 0 Å². The van der Waals surface area contributed by atoms with E-state index in [0.29, 0.717) is 18.7 Å². The van der Waals surface area contributed by atoms with Crippen molar-refractivity contribution in [3.05, 3.63) is 101 Å². The van der Waals surface area contributed by atoms with Crippen LogP contribution in [0.3, 0.4) is 0 Å². The molecule has 1 aromatic heterocycles. The number of hydrogen-bond acceptors (Lipinski definition) is 6. The van der Waals surface area contributed by atoms with Gasteiger partial charge in [-0.25, -0.2) is 8.78 Å². The fraction of sp³-hybridized carbons (Fsp3) is 0.345. The van der Waals surface area contributed by atoms with Crippen LogP contribution < -0.4 is 16.0 Å². The van der Waals surface area contributed by atoms with Gasteiger partial charge in [-0.1, -0.05) is 31.2 Å². The van der Waals surface area contributed by atoms with Crippen molar-refractivity contribution in [2.45, 2.75) is 45.0 Å². The summed E-state index contributed by atoms with van der Waals surface area (Å²) < 4.78 is 27.5. The topological polar surface area (TPSA) is 103 Å². The Morgan fingerprint density at radius 2 is 1.59 bits per heavy atom. The van der Waals surface area contributed by atoms with Crippen molar-refractivity contribution < 1.29 is 23.5 Å². The van der Waals surface area contributed by atoms with E-state index in [-0.39, 0.29) is 30.4 Å². The van der Waals surface area contributed by atoms with Gasteiger partial charge in [0.15, 0.2) is 0 Å². The van der Waals surface area contributed by atoms with E-state index in [4.69, 9.17) is 0 Å². The largest absolute Gasteiger partial charge is 0.390 e. The van der Waals surface area contributed by atoms with E-state index in [1.807, 2.05) is 18.2 Å². The number of halogens is 2. The van der Waals surface area contributed by atoms with Crippen molar-refractivity contribution in [2.75, 3.05) is 18.1 Å². The second-order valence-electron chi connectivity index (χ2n) is 9.15. The number of rotatable bonds is 15. The minimum atomic E-state index is -1.02. The monoisotopic (exact) mass is 556 g/mol. The van der Waals surface area contributed by atoms with Gasteiger partial charge in [-0.2, -0.15) is 0 Å². The molecule has 1 heterocycles. The lowest BCUT2D eigenvalue weighted by Crippen LogP contribution is -2.49. The Bertz CT molecular complexity index is 1200. The zero-order chi connectivity index (χ0) is 28.0. The van der Waals surface area contributed by atoms with Crippen LogP contribution in [0.25, 0.3) is 0 Å². The lowest BCUT2D eigenvalue weighted by Gasteiger charge is -2.25. The van der Waals surface area contributed by atoms with Crippen LogP contribution >= 0.6 is 11.8 Å². The van der Waals surface area contributed by atoms with Gasteiger partial charge in [0.05, 0.1) is 23.7 Å². The van der Waals surface area contributed by atoms with Crippen molar-refractivity contribution >= 4 is 23.6 Å². The summed E-state index contributed by atoms with van der Waals surface area (Å²) in [5, 5.41) is 19.6. The molecule has 0 aliphatic heterocycles. The number of aliphatic hydroxyl groups is 1. The molecule has 0 spiro atoms. The average Bonchev–Trinajstić information content (AvgIpc) is 2.91. The first-order valence-corrected chi connectivity index (χ1v) is 13.9. The normalized spacial score (nSPS) is 12.5. The maximum atomic E-state index is 13.8. The highest BCUT2D eigenvalue weighted by Crippen LogP contribution is 2.13. The predicted octanol–water partition coefficient (Wildman–Crippen LogP) is 3.15. The zero-order valence-corrected chi connectivity index (χ0v) is 22.6. The van der Waals surface area contributed by atoms with E-state index in [2.05, 4.69) is 33.9 Å². The summed E-state index contributed by atoms with van der Waals surface area (Å²) in [6.07, 6.45) is 3.21. The molecular weight excluding hydrogens is 522 g/mol. The van der Waals surface area contributed by atoms with E-state index in [0.717, 1.165) is 35.4 Å². The number of carbonyl (C=O) groups excluding carboxylic acids is 2. The van der Waals surface area contributed by atoms with Crippen molar-refractivity contribution in [3.8, 4) is 0 Å². The van der Waals surface area contributed by atoms with Gasteiger partial charge in [-0.05, 0) is 59.4 Å². The highest BCUT2D eigenvalue weighted by molar-refractivity contribution is 8.00. The first kappa shape index (κ1) is 30.2. The van der Waals surface area contributed by atoms with Gasteiger partial charge in [0.1, 0.15) is 11.6 Å². The molecule has 3 aromatic rings. The Hall–Kier alpha value is -3.34. The second kappa shape index (κ2) is 15.9. The van der Waals surface area contributed by atoms with Gasteiger partial charge in [0, 0.05) is 38.1 Å². The Labute approximate surface area is 231 Å². The molecule has 3 rings (SSSR count). The minimum absolute atomic E-state index is 0.0132. The fourth-order valence-corrected chi connectivity index (χ4v) is 4.63. The number of aryl methyl sites for hydroxylation is 1. The van der Waals surface area contributed by atoms with Crippen LogP contribution in [-0.4, -0.2) is 52.1 Å². The summed E-state index contributed by atoms with van der Waals surface area (Å²) in [5.41, 5.74) is 3.50. The molecular formula is C29H34F2N4O3S. The highest BCUT2D eigenvalue weighted by atomic mass is 32.2. The molecule has 0 aliphatic carbocycles. The number of pyridine rings is 1. The summed E-state index contributed by atoms with van der Waals surface area (Å²) in [5.74, 6) is -2.00. The zero-order valence-electron chi connectivity index (χ0n) is 21.8. The second-order valence-corrected chi connectivity index (χ2v) is 10.1. The summed E-state index contributed by atoms with van der Waals surface area (Å²) in [6.45, 7) is 3.11. The van der Waals surface area contributed by atoms with Crippen LogP contribution in [0.4, 0.5) is 8.78 Å². The van der Waals surface area contributed by atoms with Gasteiger partial charge >= 0.3 is 0 Å². The number of hydrogen-bond donors (Lipinski definition) is 4. The van der Waals surface area contributed by atoms with Crippen LogP contribution in [0, 0.1) is 11.6 Å². The van der Waals surface area contributed by atoms with Crippen LogP contribution in [-0.2, 0) is 35.5 Å². The molecule has 10 heteroatoms. The Morgan fingerprint density at radius 1 is 0.897 bits per heavy atom. The molecule has 0 unspecified atom stereocenters. The van der Waals surface area contributed by atoms with Crippen LogP contribution in [0.1, 0.15) is 29.2 Å². The molecule has 2 amide bonds. The number of nitrogens with zero attached hydrogens (tertiary/aromatic N) is 1. The van der Waals surface area contributed by atoms with E-state index in [9.17, 15) is 23.5 Å². The summed E-state index contributed by atoms with van der Waals surface area (Å²) in [6, 6.07) is 14.0. The summed E-state index contributed by atoms with van der Waals surface area (Å²) in [4.78, 5) is 28.7. The van der Waals surface area contributed by atoms with Crippen molar-refractivity contribution in [2.24, 2.45) is 0 Å². The Morgan fingerprint density at radius 3 is 2.31 bits per heavy atom. The molecule has 0 fully saturated rings. The third-order valence-electron chi connectivity index (χ3n) is 5.98. The van der Waals surface area contributed by atoms with Crippen molar-refractivity contribution in [1.82, 2.24) is 20.9 Å². The molecule has 0 bridgehead atoms. The molecule has 208 valence electrons. The number of aromatic nitrogens is 1. The molecule has 2 aromatic carbocycles. The summed E-state index contributed by atoms with van der Waals surface area (Å²) in [7, 11) is 0. The maximum Gasteiger partial charge on any atom is 0.230 e. The third-order valence-corrected chi connectivity index (χ3v) is 6.91. The Balaban J connectivity index is 1.52. The smallest absolute Gasteiger partial charge is 0.230 e. The van der Waals surface area contributed by atoms with Gasteiger partial charge < -0.3 is 21.1 Å². The quantitative estimate of drug-likeness (QED) is 0.229. The lowest BCUT2D eigenvalue weighted by atomic mass is 10.0. The van der Waals surface area contributed by atoms with Gasteiger partial charge in [-0.3, -0.25) is 14.6 Å².